The molecule has 0 aliphatic heterocycles. The maximum Gasteiger partial charge on any atom is 0.337 e. The second-order valence-electron chi connectivity index (χ2n) is 3.92. The number of halogens is 2. The Morgan fingerprint density at radius 2 is 2.00 bits per heavy atom. The Morgan fingerprint density at radius 3 is 2.57 bits per heavy atom. The van der Waals surface area contributed by atoms with E-state index in [0.717, 1.165) is 0 Å². The summed E-state index contributed by atoms with van der Waals surface area (Å²) in [6.45, 7) is 0. The molecule has 0 aromatic heterocycles. The smallest absolute Gasteiger partial charge is 0.337 e. The Labute approximate surface area is 137 Å². The normalized spacial score (nSPS) is 10.2. The Morgan fingerprint density at radius 1 is 1.29 bits per heavy atom. The van der Waals surface area contributed by atoms with Gasteiger partial charge in [0.2, 0.25) is 0 Å². The van der Waals surface area contributed by atoms with E-state index in [-0.39, 0.29) is 22.0 Å². The van der Waals surface area contributed by atoms with E-state index in [4.69, 9.17) is 21.4 Å². The van der Waals surface area contributed by atoms with Crippen molar-refractivity contribution >= 4 is 45.8 Å². The minimum atomic E-state index is -1.16. The summed E-state index contributed by atoms with van der Waals surface area (Å²) in [5.74, 6) is -0.493. The van der Waals surface area contributed by atoms with E-state index in [0.29, 0.717) is 9.32 Å². The number of hydrogen-bond acceptors (Lipinski definition) is 4. The molecule has 6 nitrogen and oxygen atoms in total. The fraction of sp³-hybridized carbons (Fsp3) is 0. The van der Waals surface area contributed by atoms with Gasteiger partial charge in [-0.2, -0.15) is 0 Å². The number of carbonyl (C=O) groups is 1. The lowest BCUT2D eigenvalue weighted by Gasteiger charge is -2.09. The average Bonchev–Trinajstić information content (AvgIpc) is 2.42. The largest absolute Gasteiger partial charge is 0.478 e. The maximum absolute atomic E-state index is 11.0. The van der Waals surface area contributed by atoms with Crippen LogP contribution in [0.3, 0.4) is 0 Å². The molecule has 1 N–H and O–H groups in total. The topological polar surface area (TPSA) is 89.7 Å². The molecular weight excluding hydrogens is 413 g/mol. The minimum absolute atomic E-state index is 0.0471. The lowest BCUT2D eigenvalue weighted by Crippen LogP contribution is -1.98. The first-order chi connectivity index (χ1) is 9.88. The van der Waals surface area contributed by atoms with E-state index < -0.39 is 10.9 Å². The van der Waals surface area contributed by atoms with Gasteiger partial charge in [-0.15, -0.1) is 0 Å². The summed E-state index contributed by atoms with van der Waals surface area (Å²) in [7, 11) is 0. The minimum Gasteiger partial charge on any atom is -0.478 e. The highest BCUT2D eigenvalue weighted by atomic mass is 127. The van der Waals surface area contributed by atoms with E-state index in [1.165, 1.54) is 36.4 Å². The molecule has 0 unspecified atom stereocenters. The van der Waals surface area contributed by atoms with Crippen LogP contribution in [0.15, 0.2) is 36.4 Å². The molecular formula is C13H7ClINO5. The highest BCUT2D eigenvalue weighted by Crippen LogP contribution is 2.31. The van der Waals surface area contributed by atoms with Gasteiger partial charge in [0.15, 0.2) is 0 Å². The van der Waals surface area contributed by atoms with Crippen LogP contribution in [0.1, 0.15) is 10.4 Å². The SMILES string of the molecule is O=C(O)c1cc(Oc2ccc([N+](=O)[O-])cc2I)ccc1Cl. The van der Waals surface area contributed by atoms with Crippen LogP contribution in [0.5, 0.6) is 11.5 Å². The third-order valence-corrected chi connectivity index (χ3v) is 3.69. The third kappa shape index (κ3) is 3.61. The number of rotatable bonds is 4. The van der Waals surface area contributed by atoms with Gasteiger partial charge in [0.05, 0.1) is 19.1 Å². The van der Waals surface area contributed by atoms with Crippen molar-refractivity contribution in [3.8, 4) is 11.5 Å². The zero-order valence-corrected chi connectivity index (χ0v) is 13.2. The van der Waals surface area contributed by atoms with Crippen molar-refractivity contribution < 1.29 is 19.6 Å². The predicted molar refractivity (Wildman–Crippen MR) is 84.3 cm³/mol. The molecule has 0 saturated carbocycles. The Balaban J connectivity index is 2.32. The predicted octanol–water partition coefficient (Wildman–Crippen LogP) is 4.34. The van der Waals surface area contributed by atoms with Crippen molar-refractivity contribution in [3.05, 3.63) is 60.7 Å². The van der Waals surface area contributed by atoms with Gasteiger partial charge in [-0.1, -0.05) is 11.6 Å². The lowest BCUT2D eigenvalue weighted by atomic mass is 10.2. The standard InChI is InChI=1S/C13H7ClINO5/c14-10-3-2-8(6-9(10)13(17)18)21-12-4-1-7(16(19)20)5-11(12)15/h1-6H,(H,17,18). The fourth-order valence-corrected chi connectivity index (χ4v) is 2.35. The molecule has 0 heterocycles. The summed E-state index contributed by atoms with van der Waals surface area (Å²) in [6, 6.07) is 8.36. The van der Waals surface area contributed by atoms with Gasteiger partial charge in [-0.05, 0) is 46.9 Å². The first-order valence-corrected chi connectivity index (χ1v) is 6.99. The van der Waals surface area contributed by atoms with E-state index >= 15 is 0 Å². The molecule has 0 aliphatic rings. The number of nitrogens with zero attached hydrogens (tertiary/aromatic N) is 1. The van der Waals surface area contributed by atoms with Crippen molar-refractivity contribution in [1.82, 2.24) is 0 Å². The van der Waals surface area contributed by atoms with Crippen LogP contribution in [0.4, 0.5) is 5.69 Å². The van der Waals surface area contributed by atoms with Gasteiger partial charge >= 0.3 is 5.97 Å². The van der Waals surface area contributed by atoms with Crippen molar-refractivity contribution in [2.24, 2.45) is 0 Å². The molecule has 0 radical (unpaired) electrons. The first kappa shape index (κ1) is 15.5. The summed E-state index contributed by atoms with van der Waals surface area (Å²) in [6.07, 6.45) is 0. The molecule has 0 bridgehead atoms. The maximum atomic E-state index is 11.0. The molecule has 2 aromatic rings. The number of nitro groups is 1. The lowest BCUT2D eigenvalue weighted by molar-refractivity contribution is -0.385. The molecule has 2 aromatic carbocycles. The molecule has 0 spiro atoms. The van der Waals surface area contributed by atoms with Crippen LogP contribution >= 0.6 is 34.2 Å². The number of non-ortho nitro benzene ring substituents is 1. The van der Waals surface area contributed by atoms with Gasteiger partial charge in [0.25, 0.3) is 5.69 Å². The number of carboxylic acids is 1. The highest BCUT2D eigenvalue weighted by Gasteiger charge is 2.13. The van der Waals surface area contributed by atoms with Crippen LogP contribution in [0, 0.1) is 13.7 Å². The monoisotopic (exact) mass is 419 g/mol. The number of ether oxygens (including phenoxy) is 1. The van der Waals surface area contributed by atoms with E-state index in [1.807, 2.05) is 22.6 Å². The van der Waals surface area contributed by atoms with Crippen LogP contribution in [-0.4, -0.2) is 16.0 Å². The number of benzene rings is 2. The molecule has 21 heavy (non-hydrogen) atoms. The third-order valence-electron chi connectivity index (χ3n) is 2.52. The molecule has 0 aliphatic carbocycles. The summed E-state index contributed by atoms with van der Waals surface area (Å²) in [4.78, 5) is 21.2. The van der Waals surface area contributed by atoms with Gasteiger partial charge in [0, 0.05) is 12.1 Å². The average molecular weight is 420 g/mol. The Kier molecular flexibility index (Phi) is 4.63. The zero-order valence-electron chi connectivity index (χ0n) is 10.2. The highest BCUT2D eigenvalue weighted by molar-refractivity contribution is 14.1. The van der Waals surface area contributed by atoms with Crippen LogP contribution < -0.4 is 4.74 Å². The molecule has 0 saturated heterocycles. The molecule has 0 atom stereocenters. The van der Waals surface area contributed by atoms with Crippen molar-refractivity contribution in [2.75, 3.05) is 0 Å². The van der Waals surface area contributed by atoms with Crippen molar-refractivity contribution in [1.29, 1.82) is 0 Å². The summed E-state index contributed by atoms with van der Waals surface area (Å²) in [5, 5.41) is 19.8. The number of hydrogen-bond donors (Lipinski definition) is 1. The quantitative estimate of drug-likeness (QED) is 0.452. The Bertz CT molecular complexity index is 734. The van der Waals surface area contributed by atoms with Gasteiger partial charge in [-0.25, -0.2) is 4.79 Å². The summed E-state index contributed by atoms with van der Waals surface area (Å²) >= 11 is 7.67. The van der Waals surface area contributed by atoms with Crippen LogP contribution in [0.25, 0.3) is 0 Å². The van der Waals surface area contributed by atoms with Gasteiger partial charge in [-0.3, -0.25) is 10.1 Å². The second-order valence-corrected chi connectivity index (χ2v) is 5.49. The van der Waals surface area contributed by atoms with Crippen LogP contribution in [-0.2, 0) is 0 Å². The van der Waals surface area contributed by atoms with Crippen LogP contribution in [0.2, 0.25) is 5.02 Å². The van der Waals surface area contributed by atoms with Gasteiger partial charge < -0.3 is 9.84 Å². The molecule has 2 rings (SSSR count). The zero-order chi connectivity index (χ0) is 15.6. The summed E-state index contributed by atoms with van der Waals surface area (Å²) < 4.78 is 6.07. The number of carboxylic acid groups (broad SMARTS) is 1. The molecule has 0 fully saturated rings. The van der Waals surface area contributed by atoms with E-state index in [9.17, 15) is 14.9 Å². The summed E-state index contributed by atoms with van der Waals surface area (Å²) in [5.41, 5.74) is -0.125. The second kappa shape index (κ2) is 6.27. The van der Waals surface area contributed by atoms with Gasteiger partial charge in [0.1, 0.15) is 11.5 Å². The number of nitro benzene ring substituents is 1. The molecule has 8 heteroatoms. The fourth-order valence-electron chi connectivity index (χ4n) is 1.54. The van der Waals surface area contributed by atoms with E-state index in [1.54, 1.807) is 0 Å². The number of aromatic carboxylic acids is 1. The molecule has 108 valence electrons. The Hall–Kier alpha value is -1.87. The van der Waals surface area contributed by atoms with E-state index in [2.05, 4.69) is 0 Å². The molecule has 0 amide bonds. The first-order valence-electron chi connectivity index (χ1n) is 5.53. The van der Waals surface area contributed by atoms with Crippen molar-refractivity contribution in [3.63, 3.8) is 0 Å². The van der Waals surface area contributed by atoms with Crippen molar-refractivity contribution in [2.45, 2.75) is 0 Å².